The highest BCUT2D eigenvalue weighted by atomic mass is 31.1. The summed E-state index contributed by atoms with van der Waals surface area (Å²) < 4.78 is 0. The smallest absolute Gasteiger partial charge is 0.0207 e. The SMILES string of the molecule is C[C@H]1CCCP1C1CCCC1. The molecule has 1 heterocycles. The zero-order valence-electron chi connectivity index (χ0n) is 7.55. The number of hydrogen-bond donors (Lipinski definition) is 0. The van der Waals surface area contributed by atoms with E-state index in [0.29, 0.717) is 7.92 Å². The average Bonchev–Trinajstić information content (AvgIpc) is 2.55. The number of hydrogen-bond acceptors (Lipinski definition) is 0. The lowest BCUT2D eigenvalue weighted by Crippen LogP contribution is -2.05. The molecule has 1 saturated carbocycles. The molecule has 0 nitrogen and oxygen atoms in total. The Balaban J connectivity index is 1.92. The molecule has 64 valence electrons. The predicted octanol–water partition coefficient (Wildman–Crippen LogP) is 3.59. The van der Waals surface area contributed by atoms with Crippen LogP contribution in [0.3, 0.4) is 0 Å². The van der Waals surface area contributed by atoms with Gasteiger partial charge in [0.1, 0.15) is 0 Å². The molecule has 0 N–H and O–H groups in total. The van der Waals surface area contributed by atoms with Crippen molar-refractivity contribution in [3.63, 3.8) is 0 Å². The Bertz CT molecular complexity index is 127. The van der Waals surface area contributed by atoms with Crippen molar-refractivity contribution in [1.82, 2.24) is 0 Å². The Hall–Kier alpha value is 0.430. The lowest BCUT2D eigenvalue weighted by molar-refractivity contribution is 0.826. The molecule has 11 heavy (non-hydrogen) atoms. The lowest BCUT2D eigenvalue weighted by atomic mass is 10.3. The van der Waals surface area contributed by atoms with Crippen molar-refractivity contribution in [2.75, 3.05) is 6.16 Å². The van der Waals surface area contributed by atoms with E-state index in [4.69, 9.17) is 0 Å². The summed E-state index contributed by atoms with van der Waals surface area (Å²) in [7, 11) is 0.493. The Morgan fingerprint density at radius 1 is 1.00 bits per heavy atom. The van der Waals surface area contributed by atoms with Gasteiger partial charge in [-0.15, -0.1) is 7.92 Å². The van der Waals surface area contributed by atoms with Crippen molar-refractivity contribution in [1.29, 1.82) is 0 Å². The van der Waals surface area contributed by atoms with Gasteiger partial charge in [0.2, 0.25) is 0 Å². The normalized spacial score (nSPS) is 40.1. The minimum atomic E-state index is 0.493. The third-order valence-electron chi connectivity index (χ3n) is 3.40. The molecule has 0 amide bonds. The van der Waals surface area contributed by atoms with Crippen LogP contribution in [0.5, 0.6) is 0 Å². The standard InChI is InChI=1S/C10H19P/c1-9-5-4-8-11(9)10-6-2-3-7-10/h9-10H,2-8H2,1H3/t9-,11?/m0/s1. The maximum atomic E-state index is 2.50. The monoisotopic (exact) mass is 170 g/mol. The molecule has 2 atom stereocenters. The van der Waals surface area contributed by atoms with Crippen molar-refractivity contribution in [3.8, 4) is 0 Å². The number of rotatable bonds is 1. The first-order valence-electron chi connectivity index (χ1n) is 5.13. The summed E-state index contributed by atoms with van der Waals surface area (Å²) >= 11 is 0. The Morgan fingerprint density at radius 2 is 1.73 bits per heavy atom. The van der Waals surface area contributed by atoms with Gasteiger partial charge in [0.25, 0.3) is 0 Å². The molecule has 1 aliphatic heterocycles. The van der Waals surface area contributed by atoms with Crippen LogP contribution in [0.15, 0.2) is 0 Å². The molecule has 2 aliphatic rings. The van der Waals surface area contributed by atoms with E-state index in [1.54, 1.807) is 31.8 Å². The van der Waals surface area contributed by atoms with Crippen molar-refractivity contribution in [3.05, 3.63) is 0 Å². The van der Waals surface area contributed by atoms with E-state index in [1.165, 1.54) is 18.5 Å². The van der Waals surface area contributed by atoms with Crippen LogP contribution in [-0.2, 0) is 0 Å². The summed E-state index contributed by atoms with van der Waals surface area (Å²) in [6, 6.07) is 0. The molecule has 1 heteroatoms. The topological polar surface area (TPSA) is 0 Å². The van der Waals surface area contributed by atoms with Crippen molar-refractivity contribution >= 4 is 7.92 Å². The summed E-state index contributed by atoms with van der Waals surface area (Å²) in [4.78, 5) is 0. The van der Waals surface area contributed by atoms with Crippen LogP contribution >= 0.6 is 7.92 Å². The van der Waals surface area contributed by atoms with Gasteiger partial charge >= 0.3 is 0 Å². The van der Waals surface area contributed by atoms with Gasteiger partial charge in [0, 0.05) is 0 Å². The first-order chi connectivity index (χ1) is 5.38. The van der Waals surface area contributed by atoms with E-state index in [0.717, 1.165) is 5.66 Å². The van der Waals surface area contributed by atoms with Gasteiger partial charge in [0.05, 0.1) is 0 Å². The fourth-order valence-corrected chi connectivity index (χ4v) is 6.35. The van der Waals surface area contributed by atoms with Crippen LogP contribution in [0.4, 0.5) is 0 Å². The second-order valence-corrected chi connectivity index (χ2v) is 7.25. The van der Waals surface area contributed by atoms with Crippen LogP contribution in [0, 0.1) is 0 Å². The van der Waals surface area contributed by atoms with Crippen molar-refractivity contribution in [2.45, 2.75) is 56.8 Å². The highest BCUT2D eigenvalue weighted by Crippen LogP contribution is 2.57. The second-order valence-electron chi connectivity index (χ2n) is 4.17. The summed E-state index contributed by atoms with van der Waals surface area (Å²) in [6.45, 7) is 2.50. The first kappa shape index (κ1) is 8.05. The van der Waals surface area contributed by atoms with Crippen molar-refractivity contribution < 1.29 is 0 Å². The van der Waals surface area contributed by atoms with Crippen LogP contribution in [0.1, 0.15) is 45.4 Å². The van der Waals surface area contributed by atoms with Crippen molar-refractivity contribution in [2.24, 2.45) is 0 Å². The molecule has 0 bridgehead atoms. The molecule has 2 rings (SSSR count). The summed E-state index contributed by atoms with van der Waals surface area (Å²) in [5.74, 6) is 0. The fraction of sp³-hybridized carbons (Fsp3) is 1.00. The molecule has 0 spiro atoms. The molecular formula is C10H19P. The van der Waals surface area contributed by atoms with E-state index < -0.39 is 0 Å². The maximum absolute atomic E-state index is 2.50. The van der Waals surface area contributed by atoms with Crippen LogP contribution in [0.2, 0.25) is 0 Å². The van der Waals surface area contributed by atoms with Gasteiger partial charge < -0.3 is 0 Å². The molecule has 1 unspecified atom stereocenters. The quantitative estimate of drug-likeness (QED) is 0.527. The van der Waals surface area contributed by atoms with Gasteiger partial charge in [-0.3, -0.25) is 0 Å². The van der Waals surface area contributed by atoms with Crippen LogP contribution < -0.4 is 0 Å². The first-order valence-corrected chi connectivity index (χ1v) is 6.80. The molecule has 1 aliphatic carbocycles. The maximum Gasteiger partial charge on any atom is -0.0207 e. The molecule has 2 fully saturated rings. The molecule has 1 saturated heterocycles. The molecule has 0 aromatic rings. The van der Waals surface area contributed by atoms with Gasteiger partial charge in [-0.1, -0.05) is 19.8 Å². The van der Waals surface area contributed by atoms with Gasteiger partial charge in [-0.05, 0) is 43.2 Å². The summed E-state index contributed by atoms with van der Waals surface area (Å²) in [5, 5.41) is 0. The van der Waals surface area contributed by atoms with E-state index in [1.807, 2.05) is 0 Å². The third-order valence-corrected chi connectivity index (χ3v) is 7.08. The second kappa shape index (κ2) is 3.44. The zero-order valence-corrected chi connectivity index (χ0v) is 8.45. The zero-order chi connectivity index (χ0) is 7.68. The fourth-order valence-electron chi connectivity index (χ4n) is 2.73. The van der Waals surface area contributed by atoms with Gasteiger partial charge in [-0.2, -0.15) is 0 Å². The third kappa shape index (κ3) is 1.61. The Morgan fingerprint density at radius 3 is 2.27 bits per heavy atom. The van der Waals surface area contributed by atoms with E-state index in [2.05, 4.69) is 6.92 Å². The van der Waals surface area contributed by atoms with E-state index in [-0.39, 0.29) is 0 Å². The highest BCUT2D eigenvalue weighted by molar-refractivity contribution is 7.59. The van der Waals surface area contributed by atoms with E-state index in [9.17, 15) is 0 Å². The van der Waals surface area contributed by atoms with Gasteiger partial charge in [0.15, 0.2) is 0 Å². The summed E-state index contributed by atoms with van der Waals surface area (Å²) in [6.07, 6.45) is 10.9. The van der Waals surface area contributed by atoms with Crippen LogP contribution in [0.25, 0.3) is 0 Å². The van der Waals surface area contributed by atoms with Crippen LogP contribution in [-0.4, -0.2) is 17.5 Å². The molecule has 0 radical (unpaired) electrons. The largest absolute Gasteiger partial charge is 0.101 e. The summed E-state index contributed by atoms with van der Waals surface area (Å²) in [5.41, 5.74) is 2.32. The average molecular weight is 170 g/mol. The Labute approximate surface area is 71.5 Å². The minimum Gasteiger partial charge on any atom is -0.101 e. The molecular weight excluding hydrogens is 151 g/mol. The Kier molecular flexibility index (Phi) is 2.51. The predicted molar refractivity (Wildman–Crippen MR) is 52.7 cm³/mol. The minimum absolute atomic E-state index is 0.493. The van der Waals surface area contributed by atoms with E-state index >= 15 is 0 Å². The molecule has 0 aromatic heterocycles. The molecule has 0 aromatic carbocycles. The lowest BCUT2D eigenvalue weighted by Gasteiger charge is -2.23. The highest BCUT2D eigenvalue weighted by Gasteiger charge is 2.31. The van der Waals surface area contributed by atoms with Gasteiger partial charge in [-0.25, -0.2) is 0 Å².